The molecule has 1 saturated heterocycles. The monoisotopic (exact) mass is 290 g/mol. The molecule has 1 atom stereocenters. The van der Waals surface area contributed by atoms with E-state index in [0.29, 0.717) is 44.7 Å². The lowest BCUT2D eigenvalue weighted by Crippen LogP contribution is -2.47. The zero-order valence-corrected chi connectivity index (χ0v) is 12.4. The second-order valence-corrected chi connectivity index (χ2v) is 5.24. The number of carbonyl (C=O) groups is 2. The van der Waals surface area contributed by atoms with E-state index < -0.39 is 0 Å². The number of hydrogen-bond acceptors (Lipinski definition) is 3. The van der Waals surface area contributed by atoms with Crippen molar-refractivity contribution >= 4 is 11.8 Å². The van der Waals surface area contributed by atoms with Gasteiger partial charge in [-0.05, 0) is 25.5 Å². The maximum atomic E-state index is 12.1. The standard InChI is InChI=1S/C16H22N2O3/c1-13-12-21-11-10-18(13)15(19)8-5-9-17-16(20)14-6-3-2-4-7-14/h2-4,6-7,13H,5,8-12H2,1H3,(H,17,20)/t13-/m1/s1. The van der Waals surface area contributed by atoms with Gasteiger partial charge in [0.2, 0.25) is 5.91 Å². The first-order valence-electron chi connectivity index (χ1n) is 7.39. The van der Waals surface area contributed by atoms with Crippen molar-refractivity contribution in [3.63, 3.8) is 0 Å². The summed E-state index contributed by atoms with van der Waals surface area (Å²) in [4.78, 5) is 25.8. The highest BCUT2D eigenvalue weighted by molar-refractivity contribution is 5.94. The molecule has 2 amide bonds. The third-order valence-corrected chi connectivity index (χ3v) is 3.58. The Balaban J connectivity index is 1.67. The molecule has 0 radical (unpaired) electrons. The van der Waals surface area contributed by atoms with Gasteiger partial charge in [0.15, 0.2) is 0 Å². The quantitative estimate of drug-likeness (QED) is 0.835. The highest BCUT2D eigenvalue weighted by Crippen LogP contribution is 2.09. The van der Waals surface area contributed by atoms with Gasteiger partial charge in [-0.1, -0.05) is 18.2 Å². The van der Waals surface area contributed by atoms with E-state index in [9.17, 15) is 9.59 Å². The van der Waals surface area contributed by atoms with Gasteiger partial charge < -0.3 is 15.0 Å². The predicted octanol–water partition coefficient (Wildman–Crippen LogP) is 1.44. The fourth-order valence-corrected chi connectivity index (χ4v) is 2.37. The molecule has 0 bridgehead atoms. The van der Waals surface area contributed by atoms with E-state index in [2.05, 4.69) is 5.32 Å². The number of nitrogens with one attached hydrogen (secondary N) is 1. The Labute approximate surface area is 125 Å². The van der Waals surface area contributed by atoms with Gasteiger partial charge in [-0.25, -0.2) is 0 Å². The van der Waals surface area contributed by atoms with Crippen LogP contribution in [0, 0.1) is 0 Å². The number of hydrogen-bond donors (Lipinski definition) is 1. The zero-order chi connectivity index (χ0) is 15.1. The summed E-state index contributed by atoms with van der Waals surface area (Å²) in [5.41, 5.74) is 0.644. The Bertz CT molecular complexity index is 476. The van der Waals surface area contributed by atoms with E-state index in [1.165, 1.54) is 0 Å². The minimum atomic E-state index is -0.0946. The van der Waals surface area contributed by atoms with Crippen molar-refractivity contribution in [1.29, 1.82) is 0 Å². The van der Waals surface area contributed by atoms with Crippen LogP contribution >= 0.6 is 0 Å². The topological polar surface area (TPSA) is 58.6 Å². The number of morpholine rings is 1. The van der Waals surface area contributed by atoms with Crippen molar-refractivity contribution in [2.24, 2.45) is 0 Å². The molecular formula is C16H22N2O3. The molecule has 0 spiro atoms. The molecule has 1 fully saturated rings. The molecule has 0 aromatic heterocycles. The van der Waals surface area contributed by atoms with Crippen molar-refractivity contribution in [3.8, 4) is 0 Å². The molecule has 0 aliphatic carbocycles. The lowest BCUT2D eigenvalue weighted by Gasteiger charge is -2.33. The highest BCUT2D eigenvalue weighted by Gasteiger charge is 2.22. The van der Waals surface area contributed by atoms with Crippen LogP contribution in [0.2, 0.25) is 0 Å². The molecule has 1 heterocycles. The molecule has 1 aromatic rings. The number of rotatable bonds is 5. The van der Waals surface area contributed by atoms with Gasteiger partial charge in [0, 0.05) is 25.1 Å². The molecule has 2 rings (SSSR count). The smallest absolute Gasteiger partial charge is 0.251 e. The Morgan fingerprint density at radius 2 is 2.10 bits per heavy atom. The average molecular weight is 290 g/mol. The summed E-state index contributed by atoms with van der Waals surface area (Å²) in [5.74, 6) is 0.0440. The summed E-state index contributed by atoms with van der Waals surface area (Å²) in [7, 11) is 0. The Morgan fingerprint density at radius 1 is 1.33 bits per heavy atom. The third-order valence-electron chi connectivity index (χ3n) is 3.58. The fourth-order valence-electron chi connectivity index (χ4n) is 2.37. The van der Waals surface area contributed by atoms with Crippen molar-refractivity contribution in [2.75, 3.05) is 26.3 Å². The lowest BCUT2D eigenvalue weighted by molar-refractivity contribution is -0.139. The van der Waals surface area contributed by atoms with Gasteiger partial charge in [0.1, 0.15) is 0 Å². The molecular weight excluding hydrogens is 268 g/mol. The summed E-state index contributed by atoms with van der Waals surface area (Å²) in [6.45, 7) is 4.39. The summed E-state index contributed by atoms with van der Waals surface area (Å²) < 4.78 is 5.32. The second-order valence-electron chi connectivity index (χ2n) is 5.24. The molecule has 0 unspecified atom stereocenters. The minimum absolute atomic E-state index is 0.0946. The summed E-state index contributed by atoms with van der Waals surface area (Å²) in [6.07, 6.45) is 1.11. The number of nitrogens with zero attached hydrogens (tertiary/aromatic N) is 1. The normalized spacial score (nSPS) is 18.3. The molecule has 1 aliphatic rings. The van der Waals surface area contributed by atoms with Crippen LogP contribution in [0.3, 0.4) is 0 Å². The Kier molecular flexibility index (Phi) is 5.75. The van der Waals surface area contributed by atoms with Crippen LogP contribution < -0.4 is 5.32 Å². The molecule has 5 heteroatoms. The predicted molar refractivity (Wildman–Crippen MR) is 80.0 cm³/mol. The van der Waals surface area contributed by atoms with Gasteiger partial charge in [0.25, 0.3) is 5.91 Å². The van der Waals surface area contributed by atoms with Crippen LogP contribution in [-0.2, 0) is 9.53 Å². The van der Waals surface area contributed by atoms with E-state index in [1.807, 2.05) is 30.0 Å². The molecule has 1 aliphatic heterocycles. The van der Waals surface area contributed by atoms with Gasteiger partial charge in [0.05, 0.1) is 19.3 Å². The summed E-state index contributed by atoms with van der Waals surface area (Å²) in [5, 5.41) is 2.83. The van der Waals surface area contributed by atoms with Crippen LogP contribution in [0.4, 0.5) is 0 Å². The van der Waals surface area contributed by atoms with Crippen LogP contribution in [-0.4, -0.2) is 49.1 Å². The SMILES string of the molecule is C[C@@H]1COCCN1C(=O)CCCNC(=O)c1ccccc1. The van der Waals surface area contributed by atoms with Gasteiger partial charge >= 0.3 is 0 Å². The number of amides is 2. The van der Waals surface area contributed by atoms with Crippen LogP contribution in [0.25, 0.3) is 0 Å². The summed E-state index contributed by atoms with van der Waals surface area (Å²) in [6, 6.07) is 9.23. The Hall–Kier alpha value is -1.88. The van der Waals surface area contributed by atoms with E-state index in [0.717, 1.165) is 0 Å². The molecule has 5 nitrogen and oxygen atoms in total. The van der Waals surface area contributed by atoms with E-state index in [4.69, 9.17) is 4.74 Å². The van der Waals surface area contributed by atoms with Crippen LogP contribution in [0.15, 0.2) is 30.3 Å². The molecule has 1 N–H and O–H groups in total. The number of carbonyl (C=O) groups excluding carboxylic acids is 2. The molecule has 21 heavy (non-hydrogen) atoms. The van der Waals surface area contributed by atoms with Gasteiger partial charge in [-0.15, -0.1) is 0 Å². The third kappa shape index (κ3) is 4.56. The lowest BCUT2D eigenvalue weighted by atomic mass is 10.2. The minimum Gasteiger partial charge on any atom is -0.377 e. The van der Waals surface area contributed by atoms with Crippen molar-refractivity contribution in [1.82, 2.24) is 10.2 Å². The maximum Gasteiger partial charge on any atom is 0.251 e. The van der Waals surface area contributed by atoms with E-state index >= 15 is 0 Å². The number of benzene rings is 1. The van der Waals surface area contributed by atoms with Gasteiger partial charge in [-0.3, -0.25) is 9.59 Å². The molecule has 0 saturated carbocycles. The Morgan fingerprint density at radius 3 is 2.81 bits per heavy atom. The first-order valence-corrected chi connectivity index (χ1v) is 7.39. The van der Waals surface area contributed by atoms with E-state index in [-0.39, 0.29) is 17.9 Å². The van der Waals surface area contributed by atoms with Gasteiger partial charge in [-0.2, -0.15) is 0 Å². The summed E-state index contributed by atoms with van der Waals surface area (Å²) >= 11 is 0. The second kappa shape index (κ2) is 7.78. The average Bonchev–Trinajstić information content (AvgIpc) is 2.52. The molecule has 1 aromatic carbocycles. The van der Waals surface area contributed by atoms with Crippen molar-refractivity contribution in [2.45, 2.75) is 25.8 Å². The van der Waals surface area contributed by atoms with Crippen molar-refractivity contribution in [3.05, 3.63) is 35.9 Å². The number of ether oxygens (including phenoxy) is 1. The highest BCUT2D eigenvalue weighted by atomic mass is 16.5. The largest absolute Gasteiger partial charge is 0.377 e. The fraction of sp³-hybridized carbons (Fsp3) is 0.500. The van der Waals surface area contributed by atoms with Crippen molar-refractivity contribution < 1.29 is 14.3 Å². The maximum absolute atomic E-state index is 12.1. The van der Waals surface area contributed by atoms with E-state index in [1.54, 1.807) is 12.1 Å². The first kappa shape index (κ1) is 15.5. The van der Waals surface area contributed by atoms with Crippen LogP contribution in [0.1, 0.15) is 30.1 Å². The zero-order valence-electron chi connectivity index (χ0n) is 12.4. The molecule has 114 valence electrons. The first-order chi connectivity index (χ1) is 10.2. The van der Waals surface area contributed by atoms with Crippen LogP contribution in [0.5, 0.6) is 0 Å².